The van der Waals surface area contributed by atoms with Crippen molar-refractivity contribution in [2.75, 3.05) is 18.0 Å². The lowest BCUT2D eigenvalue weighted by Gasteiger charge is -2.29. The highest BCUT2D eigenvalue weighted by molar-refractivity contribution is 6.45. The maximum absolute atomic E-state index is 13.7. The number of likely N-dealkylation sites (tertiary alicyclic amines) is 1. The van der Waals surface area contributed by atoms with Gasteiger partial charge in [0.25, 0.3) is 11.8 Å². The quantitative estimate of drug-likeness (QED) is 0.651. The van der Waals surface area contributed by atoms with E-state index >= 15 is 0 Å². The van der Waals surface area contributed by atoms with Crippen molar-refractivity contribution in [1.29, 1.82) is 0 Å². The number of imide groups is 1. The topological polar surface area (TPSA) is 49.9 Å². The number of piperidine rings is 1. The highest BCUT2D eigenvalue weighted by atomic mass is 16.5. The number of benzene rings is 2. The van der Waals surface area contributed by atoms with E-state index in [1.54, 1.807) is 0 Å². The first-order valence-corrected chi connectivity index (χ1v) is 11.1. The average Bonchev–Trinajstić information content (AvgIpc) is 3.01. The third-order valence-electron chi connectivity index (χ3n) is 5.85. The summed E-state index contributed by atoms with van der Waals surface area (Å²) in [4.78, 5) is 30.8. The number of anilines is 1. The highest BCUT2D eigenvalue weighted by Gasteiger charge is 2.43. The maximum Gasteiger partial charge on any atom is 0.282 e. The van der Waals surface area contributed by atoms with Crippen molar-refractivity contribution in [3.05, 3.63) is 64.9 Å². The molecular formula is C26H30N2O3. The summed E-state index contributed by atoms with van der Waals surface area (Å²) in [6.45, 7) is 9.46. The molecule has 4 rings (SSSR count). The molecule has 0 bridgehead atoms. The van der Waals surface area contributed by atoms with Crippen LogP contribution in [0.5, 0.6) is 5.75 Å². The molecule has 0 radical (unpaired) electrons. The molecule has 2 amide bonds. The fraction of sp³-hybridized carbons (Fsp3) is 0.385. The number of carbonyl (C=O) groups excluding carboxylic acids is 2. The van der Waals surface area contributed by atoms with E-state index in [0.717, 1.165) is 54.8 Å². The number of aryl methyl sites for hydroxylation is 2. The summed E-state index contributed by atoms with van der Waals surface area (Å²) in [7, 11) is 0. The molecule has 0 aromatic heterocycles. The van der Waals surface area contributed by atoms with Gasteiger partial charge in [0.05, 0.1) is 17.4 Å². The van der Waals surface area contributed by atoms with Gasteiger partial charge in [-0.25, -0.2) is 4.90 Å². The molecule has 0 atom stereocenters. The fourth-order valence-corrected chi connectivity index (χ4v) is 4.34. The molecule has 1 saturated heterocycles. The number of hydrogen-bond acceptors (Lipinski definition) is 4. The van der Waals surface area contributed by atoms with Gasteiger partial charge in [0, 0.05) is 13.1 Å². The van der Waals surface area contributed by atoms with Crippen molar-refractivity contribution in [2.45, 2.75) is 53.1 Å². The molecule has 162 valence electrons. The average molecular weight is 419 g/mol. The molecule has 2 aliphatic rings. The molecule has 0 N–H and O–H groups in total. The van der Waals surface area contributed by atoms with Gasteiger partial charge in [-0.15, -0.1) is 0 Å². The summed E-state index contributed by atoms with van der Waals surface area (Å²) in [5.41, 5.74) is 4.37. The van der Waals surface area contributed by atoms with Crippen LogP contribution in [0.25, 0.3) is 5.57 Å². The van der Waals surface area contributed by atoms with E-state index in [9.17, 15) is 9.59 Å². The minimum Gasteiger partial charge on any atom is -0.491 e. The number of ether oxygens (including phenoxy) is 1. The van der Waals surface area contributed by atoms with Crippen molar-refractivity contribution in [3.8, 4) is 5.75 Å². The van der Waals surface area contributed by atoms with Gasteiger partial charge >= 0.3 is 0 Å². The van der Waals surface area contributed by atoms with Gasteiger partial charge in [-0.1, -0.05) is 24.3 Å². The summed E-state index contributed by atoms with van der Waals surface area (Å²) >= 11 is 0. The standard InChI is InChI=1S/C26H30N2O3/c1-17(2)31-21-12-10-20(11-13-21)23-24(27-14-6-5-7-15-27)26(30)28(25(23)29)22-16-18(3)8-9-19(22)4/h8-13,16-17H,5-7,14-15H2,1-4H3. The van der Waals surface area contributed by atoms with Crippen molar-refractivity contribution in [3.63, 3.8) is 0 Å². The van der Waals surface area contributed by atoms with Crippen LogP contribution in [-0.4, -0.2) is 35.9 Å². The third kappa shape index (κ3) is 4.09. The fourth-order valence-electron chi connectivity index (χ4n) is 4.34. The van der Waals surface area contributed by atoms with E-state index in [2.05, 4.69) is 4.90 Å². The van der Waals surface area contributed by atoms with Gasteiger partial charge in [0.1, 0.15) is 11.4 Å². The largest absolute Gasteiger partial charge is 0.491 e. The summed E-state index contributed by atoms with van der Waals surface area (Å²) in [5, 5.41) is 0. The van der Waals surface area contributed by atoms with E-state index in [1.807, 2.05) is 70.2 Å². The zero-order valence-corrected chi connectivity index (χ0v) is 18.8. The van der Waals surface area contributed by atoms with E-state index < -0.39 is 0 Å². The summed E-state index contributed by atoms with van der Waals surface area (Å²) < 4.78 is 5.75. The van der Waals surface area contributed by atoms with Gasteiger partial charge in [-0.3, -0.25) is 9.59 Å². The van der Waals surface area contributed by atoms with Crippen LogP contribution in [0, 0.1) is 13.8 Å². The van der Waals surface area contributed by atoms with Crippen LogP contribution in [0.2, 0.25) is 0 Å². The molecule has 0 unspecified atom stereocenters. The predicted molar refractivity (Wildman–Crippen MR) is 123 cm³/mol. The molecular weight excluding hydrogens is 388 g/mol. The Hall–Kier alpha value is -3.08. The lowest BCUT2D eigenvalue weighted by atomic mass is 10.0. The van der Waals surface area contributed by atoms with Gasteiger partial charge in [-0.05, 0) is 81.8 Å². The Balaban J connectivity index is 1.79. The first-order chi connectivity index (χ1) is 14.9. The van der Waals surface area contributed by atoms with Crippen LogP contribution in [0.15, 0.2) is 48.2 Å². The van der Waals surface area contributed by atoms with E-state index in [4.69, 9.17) is 4.74 Å². The number of carbonyl (C=O) groups is 2. The second-order valence-electron chi connectivity index (χ2n) is 8.70. The maximum atomic E-state index is 13.7. The van der Waals surface area contributed by atoms with Crippen LogP contribution >= 0.6 is 0 Å². The van der Waals surface area contributed by atoms with Crippen LogP contribution in [-0.2, 0) is 9.59 Å². The van der Waals surface area contributed by atoms with Crippen molar-refractivity contribution < 1.29 is 14.3 Å². The number of rotatable bonds is 5. The van der Waals surface area contributed by atoms with E-state index in [0.29, 0.717) is 17.0 Å². The molecule has 0 spiro atoms. The summed E-state index contributed by atoms with van der Waals surface area (Å²) in [5.74, 6) is 0.275. The summed E-state index contributed by atoms with van der Waals surface area (Å²) in [6.07, 6.45) is 3.29. The van der Waals surface area contributed by atoms with E-state index in [1.165, 1.54) is 4.90 Å². The zero-order valence-electron chi connectivity index (χ0n) is 18.8. The smallest absolute Gasteiger partial charge is 0.282 e. The SMILES string of the molecule is Cc1ccc(C)c(N2C(=O)C(c3ccc(OC(C)C)cc3)=C(N3CCCCC3)C2=O)c1. The molecule has 2 aromatic carbocycles. The van der Waals surface area contributed by atoms with E-state index in [-0.39, 0.29) is 17.9 Å². The molecule has 2 heterocycles. The van der Waals surface area contributed by atoms with Crippen molar-refractivity contribution >= 4 is 23.1 Å². The Morgan fingerprint density at radius 2 is 1.55 bits per heavy atom. The number of nitrogens with zero attached hydrogens (tertiary/aromatic N) is 2. The monoisotopic (exact) mass is 418 g/mol. The van der Waals surface area contributed by atoms with Crippen LogP contribution < -0.4 is 9.64 Å². The zero-order chi connectivity index (χ0) is 22.1. The third-order valence-corrected chi connectivity index (χ3v) is 5.85. The van der Waals surface area contributed by atoms with Gasteiger partial charge in [0.15, 0.2) is 0 Å². The minimum atomic E-state index is -0.253. The minimum absolute atomic E-state index is 0.0726. The summed E-state index contributed by atoms with van der Waals surface area (Å²) in [6, 6.07) is 13.4. The van der Waals surface area contributed by atoms with Crippen LogP contribution in [0.3, 0.4) is 0 Å². The van der Waals surface area contributed by atoms with Crippen molar-refractivity contribution in [1.82, 2.24) is 4.90 Å². The predicted octanol–water partition coefficient (Wildman–Crippen LogP) is 4.86. The normalized spacial score (nSPS) is 17.2. The van der Waals surface area contributed by atoms with Gasteiger partial charge < -0.3 is 9.64 Å². The first kappa shape index (κ1) is 21.2. The molecule has 0 aliphatic carbocycles. The molecule has 0 saturated carbocycles. The lowest BCUT2D eigenvalue weighted by molar-refractivity contribution is -0.120. The Kier molecular flexibility index (Phi) is 5.86. The Labute approximate surface area is 184 Å². The van der Waals surface area contributed by atoms with Crippen molar-refractivity contribution in [2.24, 2.45) is 0 Å². The molecule has 5 nitrogen and oxygen atoms in total. The number of amides is 2. The molecule has 2 aromatic rings. The number of hydrogen-bond donors (Lipinski definition) is 0. The Morgan fingerprint density at radius 3 is 2.19 bits per heavy atom. The second kappa shape index (κ2) is 8.58. The van der Waals surface area contributed by atoms with Gasteiger partial charge in [0.2, 0.25) is 0 Å². The Bertz CT molecular complexity index is 1030. The highest BCUT2D eigenvalue weighted by Crippen LogP contribution is 2.37. The first-order valence-electron chi connectivity index (χ1n) is 11.1. The molecule has 2 aliphatic heterocycles. The van der Waals surface area contributed by atoms with Crippen LogP contribution in [0.1, 0.15) is 49.8 Å². The van der Waals surface area contributed by atoms with Gasteiger partial charge in [-0.2, -0.15) is 0 Å². The Morgan fingerprint density at radius 1 is 0.871 bits per heavy atom. The molecule has 5 heteroatoms. The molecule has 31 heavy (non-hydrogen) atoms. The van der Waals surface area contributed by atoms with Crippen LogP contribution in [0.4, 0.5) is 5.69 Å². The second-order valence-corrected chi connectivity index (χ2v) is 8.70. The molecule has 1 fully saturated rings. The lowest BCUT2D eigenvalue weighted by Crippen LogP contribution is -2.37.